The van der Waals surface area contributed by atoms with E-state index in [0.717, 1.165) is 6.07 Å². The second-order valence-electron chi connectivity index (χ2n) is 5.49. The Balaban J connectivity index is 2.09. The van der Waals surface area contributed by atoms with Crippen molar-refractivity contribution in [3.63, 3.8) is 0 Å². The van der Waals surface area contributed by atoms with Gasteiger partial charge >= 0.3 is 0 Å². The molecule has 6 heteroatoms. The minimum absolute atomic E-state index is 0.0494. The lowest BCUT2D eigenvalue weighted by atomic mass is 9.91. The molecule has 1 amide bonds. The molecule has 2 N–H and O–H groups in total. The molecule has 0 saturated carbocycles. The van der Waals surface area contributed by atoms with Crippen molar-refractivity contribution in [3.05, 3.63) is 48.1 Å². The van der Waals surface area contributed by atoms with E-state index in [4.69, 9.17) is 0 Å². The van der Waals surface area contributed by atoms with Gasteiger partial charge < -0.3 is 15.3 Å². The summed E-state index contributed by atoms with van der Waals surface area (Å²) in [6, 6.07) is 3.88. The summed E-state index contributed by atoms with van der Waals surface area (Å²) >= 11 is 0. The number of amides is 1. The van der Waals surface area contributed by atoms with Gasteiger partial charge in [-0.2, -0.15) is 0 Å². The van der Waals surface area contributed by atoms with Gasteiger partial charge in [-0.15, -0.1) is 6.58 Å². The zero-order chi connectivity index (χ0) is 16.2. The molecule has 1 aliphatic rings. The van der Waals surface area contributed by atoms with Gasteiger partial charge in [0.15, 0.2) is 17.2 Å². The number of nitrogens with zero attached hydrogens (tertiary/aromatic N) is 1. The molecule has 4 nitrogen and oxygen atoms in total. The number of likely N-dealkylation sites (tertiary alicyclic amines) is 1. The lowest BCUT2D eigenvalue weighted by Crippen LogP contribution is -2.57. The van der Waals surface area contributed by atoms with Crippen molar-refractivity contribution < 1.29 is 18.7 Å². The van der Waals surface area contributed by atoms with Gasteiger partial charge in [0.25, 0.3) is 5.91 Å². The fraction of sp³-hybridized carbons (Fsp3) is 0.438. The lowest BCUT2D eigenvalue weighted by molar-refractivity contribution is -0.157. The Labute approximate surface area is 128 Å². The van der Waals surface area contributed by atoms with Crippen LogP contribution in [-0.2, 0) is 11.3 Å². The Bertz CT molecular complexity index is 565. The molecule has 22 heavy (non-hydrogen) atoms. The Morgan fingerprint density at radius 2 is 2.23 bits per heavy atom. The number of carbonyl (C=O) groups excluding carboxylic acids is 1. The molecule has 1 saturated heterocycles. The highest BCUT2D eigenvalue weighted by Crippen LogP contribution is 2.24. The molecule has 0 unspecified atom stereocenters. The number of rotatable bonds is 6. The summed E-state index contributed by atoms with van der Waals surface area (Å²) in [5.74, 6) is -2.35. The molecule has 1 aromatic carbocycles. The van der Waals surface area contributed by atoms with E-state index >= 15 is 0 Å². The minimum atomic E-state index is -1.51. The van der Waals surface area contributed by atoms with E-state index < -0.39 is 23.1 Å². The molecule has 1 aliphatic heterocycles. The van der Waals surface area contributed by atoms with Crippen LogP contribution in [0.4, 0.5) is 8.78 Å². The molecule has 1 heterocycles. The van der Waals surface area contributed by atoms with Crippen molar-refractivity contribution in [1.29, 1.82) is 0 Å². The highest BCUT2D eigenvalue weighted by molar-refractivity contribution is 5.86. The van der Waals surface area contributed by atoms with Crippen LogP contribution in [0.1, 0.15) is 18.4 Å². The number of aliphatic hydroxyl groups is 1. The number of nitrogens with one attached hydrogen (secondary N) is 1. The van der Waals surface area contributed by atoms with Crippen LogP contribution in [0.15, 0.2) is 30.9 Å². The summed E-state index contributed by atoms with van der Waals surface area (Å²) in [7, 11) is 0. The van der Waals surface area contributed by atoms with E-state index in [1.807, 2.05) is 0 Å². The van der Waals surface area contributed by atoms with Crippen LogP contribution in [0, 0.1) is 11.6 Å². The largest absolute Gasteiger partial charge is 0.379 e. The SMILES string of the molecule is C=CCNC[C@]1(O)CCCN(Cc2cccc(F)c2F)C1=O. The number of carbonyl (C=O) groups is 1. The molecule has 1 atom stereocenters. The molecule has 2 rings (SSSR count). The average Bonchev–Trinajstić information content (AvgIpc) is 2.49. The van der Waals surface area contributed by atoms with E-state index in [2.05, 4.69) is 11.9 Å². The average molecular weight is 310 g/mol. The third-order valence-corrected chi connectivity index (χ3v) is 3.80. The summed E-state index contributed by atoms with van der Waals surface area (Å²) in [5.41, 5.74) is -1.40. The molecule has 0 spiro atoms. The summed E-state index contributed by atoms with van der Waals surface area (Å²) in [4.78, 5) is 13.8. The van der Waals surface area contributed by atoms with Crippen LogP contribution in [0.3, 0.4) is 0 Å². The van der Waals surface area contributed by atoms with Gasteiger partial charge in [0, 0.05) is 31.7 Å². The fourth-order valence-electron chi connectivity index (χ4n) is 2.64. The van der Waals surface area contributed by atoms with Crippen LogP contribution >= 0.6 is 0 Å². The number of benzene rings is 1. The van der Waals surface area contributed by atoms with Crippen LogP contribution in [0.5, 0.6) is 0 Å². The lowest BCUT2D eigenvalue weighted by Gasteiger charge is -2.38. The molecule has 0 aromatic heterocycles. The zero-order valence-corrected chi connectivity index (χ0v) is 12.3. The maximum atomic E-state index is 13.7. The van der Waals surface area contributed by atoms with Crippen LogP contribution in [-0.4, -0.2) is 41.1 Å². The first-order valence-corrected chi connectivity index (χ1v) is 7.24. The quantitative estimate of drug-likeness (QED) is 0.620. The smallest absolute Gasteiger partial charge is 0.256 e. The number of hydrogen-bond acceptors (Lipinski definition) is 3. The molecule has 1 fully saturated rings. The van der Waals surface area contributed by atoms with E-state index in [-0.39, 0.29) is 18.7 Å². The van der Waals surface area contributed by atoms with Crippen molar-refractivity contribution in [2.45, 2.75) is 25.0 Å². The standard InChI is InChI=1S/C16H20F2N2O2/c1-2-8-19-11-16(22)7-4-9-20(15(16)21)10-12-5-3-6-13(17)14(12)18/h2-3,5-6,19,22H,1,4,7-11H2/t16-/m1/s1. The normalized spacial score (nSPS) is 22.0. The zero-order valence-electron chi connectivity index (χ0n) is 12.3. The van der Waals surface area contributed by atoms with Gasteiger partial charge in [-0.25, -0.2) is 8.78 Å². The second kappa shape index (κ2) is 6.98. The van der Waals surface area contributed by atoms with Gasteiger partial charge in [0.2, 0.25) is 0 Å². The van der Waals surface area contributed by atoms with Crippen LogP contribution in [0.2, 0.25) is 0 Å². The first-order chi connectivity index (χ1) is 10.5. The van der Waals surface area contributed by atoms with Crippen molar-refractivity contribution in [1.82, 2.24) is 10.2 Å². The molecule has 0 bridgehead atoms. The second-order valence-corrected chi connectivity index (χ2v) is 5.49. The Hall–Kier alpha value is -1.79. The van der Waals surface area contributed by atoms with E-state index in [1.165, 1.54) is 17.0 Å². The summed E-state index contributed by atoms with van der Waals surface area (Å²) < 4.78 is 27.0. The highest BCUT2D eigenvalue weighted by atomic mass is 19.2. The monoisotopic (exact) mass is 310 g/mol. The molecular weight excluding hydrogens is 290 g/mol. The van der Waals surface area contributed by atoms with Gasteiger partial charge in [-0.05, 0) is 18.9 Å². The van der Waals surface area contributed by atoms with Crippen molar-refractivity contribution in [2.24, 2.45) is 0 Å². The molecule has 0 radical (unpaired) electrons. The van der Waals surface area contributed by atoms with Crippen molar-refractivity contribution in [2.75, 3.05) is 19.6 Å². The van der Waals surface area contributed by atoms with Crippen molar-refractivity contribution >= 4 is 5.91 Å². The number of halogens is 2. The third-order valence-electron chi connectivity index (χ3n) is 3.80. The Morgan fingerprint density at radius 3 is 2.95 bits per heavy atom. The number of hydrogen-bond donors (Lipinski definition) is 2. The predicted molar refractivity (Wildman–Crippen MR) is 79.0 cm³/mol. The van der Waals surface area contributed by atoms with E-state index in [9.17, 15) is 18.7 Å². The minimum Gasteiger partial charge on any atom is -0.379 e. The maximum absolute atomic E-state index is 13.7. The van der Waals surface area contributed by atoms with Crippen LogP contribution in [0.25, 0.3) is 0 Å². The number of piperidine rings is 1. The Kier molecular flexibility index (Phi) is 5.26. The molecular formula is C16H20F2N2O2. The predicted octanol–water partition coefficient (Wildman–Crippen LogP) is 1.59. The molecule has 120 valence electrons. The van der Waals surface area contributed by atoms with Gasteiger partial charge in [0.1, 0.15) is 0 Å². The van der Waals surface area contributed by atoms with E-state index in [0.29, 0.717) is 25.9 Å². The summed E-state index contributed by atoms with van der Waals surface area (Å²) in [6.45, 7) is 4.51. The topological polar surface area (TPSA) is 52.6 Å². The van der Waals surface area contributed by atoms with Gasteiger partial charge in [-0.3, -0.25) is 4.79 Å². The third kappa shape index (κ3) is 3.51. The summed E-state index contributed by atoms with van der Waals surface area (Å²) in [5, 5.41) is 13.4. The van der Waals surface area contributed by atoms with Crippen LogP contribution < -0.4 is 5.32 Å². The fourth-order valence-corrected chi connectivity index (χ4v) is 2.64. The molecule has 1 aromatic rings. The van der Waals surface area contributed by atoms with E-state index in [1.54, 1.807) is 6.08 Å². The first-order valence-electron chi connectivity index (χ1n) is 7.24. The Morgan fingerprint density at radius 1 is 1.45 bits per heavy atom. The van der Waals surface area contributed by atoms with Gasteiger partial charge in [0.05, 0.1) is 0 Å². The first kappa shape index (κ1) is 16.6. The maximum Gasteiger partial charge on any atom is 0.256 e. The highest BCUT2D eigenvalue weighted by Gasteiger charge is 2.41. The molecule has 0 aliphatic carbocycles. The van der Waals surface area contributed by atoms with Crippen molar-refractivity contribution in [3.8, 4) is 0 Å². The van der Waals surface area contributed by atoms with Gasteiger partial charge in [-0.1, -0.05) is 18.2 Å². The summed E-state index contributed by atoms with van der Waals surface area (Å²) in [6.07, 6.45) is 2.59.